The molecule has 2 heterocycles. The van der Waals surface area contributed by atoms with E-state index in [1.54, 1.807) is 24.5 Å². The molecule has 21 heavy (non-hydrogen) atoms. The van der Waals surface area contributed by atoms with Crippen LogP contribution < -0.4 is 0 Å². The van der Waals surface area contributed by atoms with Crippen LogP contribution in [0.4, 0.5) is 0 Å². The minimum absolute atomic E-state index is 0.341. The van der Waals surface area contributed by atoms with Gasteiger partial charge in [0.25, 0.3) is 0 Å². The van der Waals surface area contributed by atoms with Gasteiger partial charge in [-0.1, -0.05) is 6.07 Å². The van der Waals surface area contributed by atoms with Gasteiger partial charge in [-0.15, -0.1) is 5.10 Å². The van der Waals surface area contributed by atoms with Gasteiger partial charge in [-0.3, -0.25) is 9.97 Å². The van der Waals surface area contributed by atoms with Crippen LogP contribution in [0.2, 0.25) is 0 Å². The van der Waals surface area contributed by atoms with E-state index >= 15 is 0 Å². The van der Waals surface area contributed by atoms with Gasteiger partial charge in [0, 0.05) is 18.0 Å². The van der Waals surface area contributed by atoms with Crippen molar-refractivity contribution in [2.75, 3.05) is 0 Å². The molecule has 8 heteroatoms. The Morgan fingerprint density at radius 3 is 2.76 bits per heavy atom. The van der Waals surface area contributed by atoms with Gasteiger partial charge in [0.15, 0.2) is 11.4 Å². The Morgan fingerprint density at radius 1 is 1.24 bits per heavy atom. The van der Waals surface area contributed by atoms with Gasteiger partial charge < -0.3 is 5.11 Å². The van der Waals surface area contributed by atoms with Crippen LogP contribution in [0.25, 0.3) is 22.4 Å². The highest BCUT2D eigenvalue weighted by atomic mass is 16.4. The van der Waals surface area contributed by atoms with Crippen LogP contribution in [0.1, 0.15) is 13.8 Å². The first-order valence-corrected chi connectivity index (χ1v) is 6.24. The topological polar surface area (TPSA) is 107 Å². The smallest absolute Gasteiger partial charge is 0.331 e. The largest absolute Gasteiger partial charge is 0.479 e. The first-order chi connectivity index (χ1) is 10.0. The third-order valence-electron chi connectivity index (χ3n) is 3.26. The van der Waals surface area contributed by atoms with Crippen LogP contribution >= 0.6 is 0 Å². The summed E-state index contributed by atoms with van der Waals surface area (Å²) in [5, 5.41) is 20.7. The Bertz CT molecular complexity index is 821. The van der Waals surface area contributed by atoms with Crippen LogP contribution in [-0.4, -0.2) is 41.3 Å². The molecule has 1 N–H and O–H groups in total. The highest BCUT2D eigenvalue weighted by Crippen LogP contribution is 2.27. The molecule has 0 aliphatic heterocycles. The number of hydrogen-bond acceptors (Lipinski definition) is 6. The number of carbonyl (C=O) groups is 1. The molecular weight excluding hydrogens is 272 g/mol. The summed E-state index contributed by atoms with van der Waals surface area (Å²) in [4.78, 5) is 19.9. The van der Waals surface area contributed by atoms with Crippen LogP contribution in [0.15, 0.2) is 30.6 Å². The fourth-order valence-corrected chi connectivity index (χ4v) is 2.00. The maximum atomic E-state index is 11.4. The van der Waals surface area contributed by atoms with Crippen molar-refractivity contribution in [3.8, 4) is 11.4 Å². The maximum absolute atomic E-state index is 11.4. The Morgan fingerprint density at radius 2 is 2.00 bits per heavy atom. The van der Waals surface area contributed by atoms with Crippen molar-refractivity contribution in [1.29, 1.82) is 0 Å². The minimum Gasteiger partial charge on any atom is -0.479 e. The van der Waals surface area contributed by atoms with E-state index in [0.717, 1.165) is 0 Å². The lowest BCUT2D eigenvalue weighted by molar-refractivity contribution is -0.146. The summed E-state index contributed by atoms with van der Waals surface area (Å²) in [5.41, 5.74) is 0.679. The summed E-state index contributed by atoms with van der Waals surface area (Å²) in [6.07, 6.45) is 3.17. The van der Waals surface area contributed by atoms with Crippen molar-refractivity contribution in [2.45, 2.75) is 19.4 Å². The second-order valence-corrected chi connectivity index (χ2v) is 5.01. The van der Waals surface area contributed by atoms with Crippen molar-refractivity contribution < 1.29 is 9.90 Å². The summed E-state index contributed by atoms with van der Waals surface area (Å²) in [7, 11) is 0. The number of nitrogens with zero attached hydrogens (tertiary/aromatic N) is 6. The first kappa shape index (κ1) is 13.1. The number of hydrogen-bond donors (Lipinski definition) is 1. The van der Waals surface area contributed by atoms with Crippen LogP contribution in [0.3, 0.4) is 0 Å². The van der Waals surface area contributed by atoms with Gasteiger partial charge in [-0.2, -0.15) is 0 Å². The highest BCUT2D eigenvalue weighted by Gasteiger charge is 2.34. The van der Waals surface area contributed by atoms with Gasteiger partial charge in [-0.05, 0) is 36.4 Å². The minimum atomic E-state index is -1.27. The summed E-state index contributed by atoms with van der Waals surface area (Å²) in [6.45, 7) is 3.07. The average Bonchev–Trinajstić information content (AvgIpc) is 2.96. The maximum Gasteiger partial charge on any atom is 0.331 e. The predicted molar refractivity (Wildman–Crippen MR) is 73.3 cm³/mol. The number of aromatic nitrogens is 6. The Balaban J connectivity index is 2.26. The molecule has 8 nitrogen and oxygen atoms in total. The molecule has 106 valence electrons. The van der Waals surface area contributed by atoms with E-state index in [2.05, 4.69) is 25.5 Å². The van der Waals surface area contributed by atoms with E-state index in [0.29, 0.717) is 22.4 Å². The van der Waals surface area contributed by atoms with Gasteiger partial charge in [0.05, 0.1) is 11.0 Å². The van der Waals surface area contributed by atoms with E-state index in [9.17, 15) is 9.90 Å². The molecule has 0 radical (unpaired) electrons. The number of benzene rings is 1. The monoisotopic (exact) mass is 284 g/mol. The van der Waals surface area contributed by atoms with E-state index in [1.807, 2.05) is 6.07 Å². The fraction of sp³-hybridized carbons (Fsp3) is 0.231. The van der Waals surface area contributed by atoms with Crippen LogP contribution in [-0.2, 0) is 10.3 Å². The molecule has 0 spiro atoms. The number of carboxylic acid groups (broad SMARTS) is 1. The number of aliphatic carboxylic acids is 1. The number of para-hydroxylation sites is 1. The van der Waals surface area contributed by atoms with E-state index in [-0.39, 0.29) is 0 Å². The van der Waals surface area contributed by atoms with Gasteiger partial charge in [0.2, 0.25) is 0 Å². The third-order valence-corrected chi connectivity index (χ3v) is 3.26. The zero-order valence-corrected chi connectivity index (χ0v) is 11.4. The van der Waals surface area contributed by atoms with Gasteiger partial charge in [0.1, 0.15) is 0 Å². The zero-order valence-electron chi connectivity index (χ0n) is 11.4. The average molecular weight is 284 g/mol. The Hall–Kier alpha value is -2.90. The second kappa shape index (κ2) is 4.58. The second-order valence-electron chi connectivity index (χ2n) is 5.01. The van der Waals surface area contributed by atoms with E-state index in [4.69, 9.17) is 0 Å². The molecule has 0 saturated heterocycles. The molecule has 3 rings (SSSR count). The summed E-state index contributed by atoms with van der Waals surface area (Å²) in [5.74, 6) is -0.684. The molecule has 0 atom stereocenters. The van der Waals surface area contributed by atoms with Gasteiger partial charge >= 0.3 is 5.97 Å². The number of tetrazole rings is 1. The molecule has 1 aromatic carbocycles. The lowest BCUT2D eigenvalue weighted by atomic mass is 10.1. The third kappa shape index (κ3) is 2.00. The van der Waals surface area contributed by atoms with E-state index < -0.39 is 11.5 Å². The Labute approximate surface area is 119 Å². The summed E-state index contributed by atoms with van der Waals surface area (Å²) in [6, 6.07) is 5.42. The molecule has 0 aliphatic rings. The highest BCUT2D eigenvalue weighted by molar-refractivity contribution is 5.89. The number of fused-ring (bicyclic) bond motifs is 1. The lowest BCUT2D eigenvalue weighted by Gasteiger charge is -2.20. The summed E-state index contributed by atoms with van der Waals surface area (Å²) < 4.78 is 1.28. The van der Waals surface area contributed by atoms with Crippen LogP contribution in [0.5, 0.6) is 0 Å². The normalized spacial score (nSPS) is 11.7. The van der Waals surface area contributed by atoms with Gasteiger partial charge in [-0.25, -0.2) is 9.48 Å². The van der Waals surface area contributed by atoms with Crippen molar-refractivity contribution in [1.82, 2.24) is 30.2 Å². The molecule has 2 aromatic heterocycles. The van der Waals surface area contributed by atoms with Crippen molar-refractivity contribution in [3.05, 3.63) is 30.6 Å². The molecule has 3 aromatic rings. The zero-order chi connectivity index (χ0) is 15.0. The predicted octanol–water partition coefficient (Wildman–Crippen LogP) is 1.10. The Kier molecular flexibility index (Phi) is 2.86. The quantitative estimate of drug-likeness (QED) is 0.767. The first-order valence-electron chi connectivity index (χ1n) is 6.24. The molecule has 0 saturated carbocycles. The molecule has 0 bridgehead atoms. The SMILES string of the molecule is CC(C)(C(=O)O)n1nnnc1-c1cccc2nccnc12. The number of rotatable bonds is 3. The van der Waals surface area contributed by atoms with E-state index in [1.165, 1.54) is 18.5 Å². The standard InChI is InChI=1S/C13H12N6O2/c1-13(2,12(20)21)19-11(16-17-18-19)8-4-3-5-9-10(8)15-7-6-14-9/h3-7H,1-2H3,(H,20,21). The van der Waals surface area contributed by atoms with Crippen molar-refractivity contribution >= 4 is 17.0 Å². The molecular formula is C13H12N6O2. The van der Waals surface area contributed by atoms with Crippen molar-refractivity contribution in [3.63, 3.8) is 0 Å². The fourth-order valence-electron chi connectivity index (χ4n) is 2.00. The summed E-state index contributed by atoms with van der Waals surface area (Å²) >= 11 is 0. The number of carboxylic acids is 1. The van der Waals surface area contributed by atoms with Crippen LogP contribution in [0, 0.1) is 0 Å². The lowest BCUT2D eigenvalue weighted by Crippen LogP contribution is -2.37. The molecule has 0 aliphatic carbocycles. The molecule has 0 fully saturated rings. The van der Waals surface area contributed by atoms with Crippen molar-refractivity contribution in [2.24, 2.45) is 0 Å². The molecule has 0 amide bonds. The molecule has 0 unspecified atom stereocenters.